The van der Waals surface area contributed by atoms with Crippen LogP contribution >= 0.6 is 43.2 Å². The molecule has 4 nitrogen and oxygen atoms in total. The van der Waals surface area contributed by atoms with Gasteiger partial charge in [0.15, 0.2) is 0 Å². The monoisotopic (exact) mass is 365 g/mol. The molecule has 2 aromatic rings. The molecule has 2 aromatic heterocycles. The van der Waals surface area contributed by atoms with Crippen LogP contribution in [0.5, 0.6) is 0 Å². The highest BCUT2D eigenvalue weighted by Crippen LogP contribution is 2.37. The van der Waals surface area contributed by atoms with Crippen LogP contribution in [0.4, 0.5) is 0 Å². The minimum absolute atomic E-state index is 0.559. The van der Waals surface area contributed by atoms with Gasteiger partial charge in [0.25, 0.3) is 5.89 Å². The van der Waals surface area contributed by atoms with Crippen molar-refractivity contribution in [1.29, 1.82) is 0 Å². The number of aryl methyl sites for hydroxylation is 1. The van der Waals surface area contributed by atoms with Gasteiger partial charge < -0.3 is 10.2 Å². The van der Waals surface area contributed by atoms with Crippen molar-refractivity contribution in [2.24, 2.45) is 5.73 Å². The fourth-order valence-corrected chi connectivity index (χ4v) is 3.12. The quantitative estimate of drug-likeness (QED) is 0.902. The summed E-state index contributed by atoms with van der Waals surface area (Å²) in [5.74, 6) is 1.20. The Balaban J connectivity index is 2.18. The molecule has 0 aromatic carbocycles. The summed E-state index contributed by atoms with van der Waals surface area (Å²) in [7, 11) is 0. The molecule has 0 atom stereocenters. The van der Waals surface area contributed by atoms with E-state index in [2.05, 4.69) is 42.1 Å². The standard InChI is InChI=1S/C9H9Br2N3OS/c10-5-4-6(16-8(5)11)9-14-13-7(15-9)2-1-3-12/h4H,1-3,12H2. The Bertz CT molecular complexity index is 463. The van der Waals surface area contributed by atoms with Crippen LogP contribution in [0, 0.1) is 0 Å². The molecule has 0 bridgehead atoms. The third-order valence-electron chi connectivity index (χ3n) is 1.92. The van der Waals surface area contributed by atoms with Gasteiger partial charge in [-0.25, -0.2) is 0 Å². The van der Waals surface area contributed by atoms with Crippen LogP contribution in [-0.2, 0) is 6.42 Å². The van der Waals surface area contributed by atoms with E-state index in [0.29, 0.717) is 18.3 Å². The van der Waals surface area contributed by atoms with Crippen molar-refractivity contribution < 1.29 is 4.42 Å². The number of hydrogen-bond donors (Lipinski definition) is 1. The van der Waals surface area contributed by atoms with E-state index in [4.69, 9.17) is 10.2 Å². The highest BCUT2D eigenvalue weighted by atomic mass is 79.9. The van der Waals surface area contributed by atoms with Crippen molar-refractivity contribution in [3.63, 3.8) is 0 Å². The summed E-state index contributed by atoms with van der Waals surface area (Å²) in [5, 5.41) is 7.98. The molecule has 0 unspecified atom stereocenters. The number of rotatable bonds is 4. The molecule has 0 aliphatic carbocycles. The van der Waals surface area contributed by atoms with Gasteiger partial charge in [0.1, 0.15) is 0 Å². The van der Waals surface area contributed by atoms with Gasteiger partial charge in [-0.15, -0.1) is 21.5 Å². The second-order valence-corrected chi connectivity index (χ2v) is 6.35. The molecule has 0 saturated heterocycles. The molecule has 2 rings (SSSR count). The molecule has 0 radical (unpaired) electrons. The van der Waals surface area contributed by atoms with Crippen LogP contribution in [0.1, 0.15) is 12.3 Å². The number of thiophene rings is 1. The minimum Gasteiger partial charge on any atom is -0.420 e. The van der Waals surface area contributed by atoms with Gasteiger partial charge in [0.05, 0.1) is 8.66 Å². The lowest BCUT2D eigenvalue weighted by atomic mass is 10.3. The molecule has 0 aliphatic heterocycles. The molecule has 16 heavy (non-hydrogen) atoms. The van der Waals surface area contributed by atoms with E-state index < -0.39 is 0 Å². The summed E-state index contributed by atoms with van der Waals surface area (Å²) in [6.45, 7) is 0.633. The lowest BCUT2D eigenvalue weighted by Gasteiger charge is -1.89. The number of aromatic nitrogens is 2. The third kappa shape index (κ3) is 2.71. The molecular formula is C9H9Br2N3OS. The van der Waals surface area contributed by atoms with Crippen LogP contribution in [0.25, 0.3) is 10.8 Å². The average Bonchev–Trinajstić information content (AvgIpc) is 2.84. The van der Waals surface area contributed by atoms with Gasteiger partial charge in [-0.1, -0.05) is 0 Å². The smallest absolute Gasteiger partial charge is 0.257 e. The van der Waals surface area contributed by atoms with Gasteiger partial charge in [-0.3, -0.25) is 0 Å². The number of hydrogen-bond acceptors (Lipinski definition) is 5. The Labute approximate surface area is 114 Å². The van der Waals surface area contributed by atoms with E-state index in [1.165, 1.54) is 0 Å². The average molecular weight is 367 g/mol. The molecule has 0 aliphatic rings. The number of halogens is 2. The molecule has 0 spiro atoms. The zero-order valence-electron chi connectivity index (χ0n) is 8.24. The van der Waals surface area contributed by atoms with Gasteiger partial charge in [-0.2, -0.15) is 0 Å². The molecule has 2 heterocycles. The lowest BCUT2D eigenvalue weighted by molar-refractivity contribution is 0.500. The Morgan fingerprint density at radius 2 is 2.19 bits per heavy atom. The Morgan fingerprint density at radius 3 is 2.81 bits per heavy atom. The summed E-state index contributed by atoms with van der Waals surface area (Å²) < 4.78 is 7.54. The van der Waals surface area contributed by atoms with Crippen LogP contribution in [0.3, 0.4) is 0 Å². The highest BCUT2D eigenvalue weighted by molar-refractivity contribution is 9.13. The van der Waals surface area contributed by atoms with Gasteiger partial charge in [0.2, 0.25) is 5.89 Å². The van der Waals surface area contributed by atoms with Crippen molar-refractivity contribution in [2.45, 2.75) is 12.8 Å². The third-order valence-corrected chi connectivity index (χ3v) is 5.16. The van der Waals surface area contributed by atoms with Crippen LogP contribution in [-0.4, -0.2) is 16.7 Å². The van der Waals surface area contributed by atoms with E-state index in [1.807, 2.05) is 6.07 Å². The summed E-state index contributed by atoms with van der Waals surface area (Å²) in [5.41, 5.74) is 5.42. The molecule has 0 saturated carbocycles. The number of nitrogens with zero attached hydrogens (tertiary/aromatic N) is 2. The zero-order chi connectivity index (χ0) is 11.5. The predicted molar refractivity (Wildman–Crippen MR) is 70.4 cm³/mol. The predicted octanol–water partition coefficient (Wildman–Crippen LogP) is 3.21. The van der Waals surface area contributed by atoms with Crippen LogP contribution in [0.15, 0.2) is 18.7 Å². The fourth-order valence-electron chi connectivity index (χ4n) is 1.16. The maximum atomic E-state index is 5.53. The SMILES string of the molecule is NCCCc1nnc(-c2cc(Br)c(Br)s2)o1. The van der Waals surface area contributed by atoms with Crippen molar-refractivity contribution in [2.75, 3.05) is 6.54 Å². The normalized spacial score (nSPS) is 10.9. The first-order valence-electron chi connectivity index (χ1n) is 4.68. The van der Waals surface area contributed by atoms with Gasteiger partial charge in [0, 0.05) is 10.9 Å². The molecule has 2 N–H and O–H groups in total. The van der Waals surface area contributed by atoms with Crippen LogP contribution in [0.2, 0.25) is 0 Å². The summed E-state index contributed by atoms with van der Waals surface area (Å²) >= 11 is 8.40. The first kappa shape index (κ1) is 12.2. The van der Waals surface area contributed by atoms with Crippen LogP contribution < -0.4 is 5.73 Å². The summed E-state index contributed by atoms with van der Waals surface area (Å²) in [4.78, 5) is 0.949. The van der Waals surface area contributed by atoms with Gasteiger partial charge in [-0.05, 0) is 50.9 Å². The molecule has 0 fully saturated rings. The second kappa shape index (κ2) is 5.39. The van der Waals surface area contributed by atoms with Gasteiger partial charge >= 0.3 is 0 Å². The van der Waals surface area contributed by atoms with Crippen molar-refractivity contribution in [3.8, 4) is 10.8 Å². The topological polar surface area (TPSA) is 64.9 Å². The number of nitrogens with two attached hydrogens (primary N) is 1. The van der Waals surface area contributed by atoms with Crippen molar-refractivity contribution in [3.05, 3.63) is 20.2 Å². The molecular weight excluding hydrogens is 358 g/mol. The molecule has 7 heteroatoms. The Morgan fingerprint density at radius 1 is 1.38 bits per heavy atom. The van der Waals surface area contributed by atoms with Crippen molar-refractivity contribution in [1.82, 2.24) is 10.2 Å². The highest BCUT2D eigenvalue weighted by Gasteiger charge is 2.12. The second-order valence-electron chi connectivity index (χ2n) is 3.13. The van der Waals surface area contributed by atoms with E-state index in [0.717, 1.165) is 26.0 Å². The maximum Gasteiger partial charge on any atom is 0.257 e. The van der Waals surface area contributed by atoms with E-state index in [1.54, 1.807) is 11.3 Å². The van der Waals surface area contributed by atoms with E-state index >= 15 is 0 Å². The van der Waals surface area contributed by atoms with E-state index in [-0.39, 0.29) is 0 Å². The summed E-state index contributed by atoms with van der Waals surface area (Å²) in [6.07, 6.45) is 1.59. The fraction of sp³-hybridized carbons (Fsp3) is 0.333. The Kier molecular flexibility index (Phi) is 4.12. The summed E-state index contributed by atoms with van der Waals surface area (Å²) in [6, 6.07) is 1.95. The maximum absolute atomic E-state index is 5.53. The van der Waals surface area contributed by atoms with E-state index in [9.17, 15) is 0 Å². The first-order chi connectivity index (χ1) is 7.70. The molecule has 86 valence electrons. The van der Waals surface area contributed by atoms with Crippen molar-refractivity contribution >= 4 is 43.2 Å². The Hall–Kier alpha value is -0.240. The minimum atomic E-state index is 0.559. The molecule has 0 amide bonds. The zero-order valence-corrected chi connectivity index (χ0v) is 12.2. The largest absolute Gasteiger partial charge is 0.420 e. The first-order valence-corrected chi connectivity index (χ1v) is 7.08. The lowest BCUT2D eigenvalue weighted by Crippen LogP contribution is -2.00.